The van der Waals surface area contributed by atoms with Crippen LogP contribution in [0, 0.1) is 0 Å². The molecule has 0 radical (unpaired) electrons. The van der Waals surface area contributed by atoms with E-state index in [4.69, 9.17) is 5.11 Å². The summed E-state index contributed by atoms with van der Waals surface area (Å²) in [5.41, 5.74) is 2.97. The van der Waals surface area contributed by atoms with E-state index >= 15 is 0 Å². The number of carboxylic acid groups (broad SMARTS) is 1. The molecular formula is C22H26N2O4. The molecular weight excluding hydrogens is 356 g/mol. The van der Waals surface area contributed by atoms with Crippen molar-refractivity contribution >= 4 is 17.8 Å². The smallest absolute Gasteiger partial charge is 0.303 e. The van der Waals surface area contributed by atoms with Crippen molar-refractivity contribution in [3.63, 3.8) is 0 Å². The molecule has 6 heteroatoms. The van der Waals surface area contributed by atoms with E-state index in [1.54, 1.807) is 0 Å². The Morgan fingerprint density at radius 3 is 2.07 bits per heavy atom. The third-order valence-electron chi connectivity index (χ3n) is 4.16. The van der Waals surface area contributed by atoms with Crippen molar-refractivity contribution in [3.8, 4) is 11.1 Å². The van der Waals surface area contributed by atoms with Crippen LogP contribution in [0.3, 0.4) is 0 Å². The van der Waals surface area contributed by atoms with Crippen LogP contribution in [0.25, 0.3) is 11.1 Å². The molecule has 0 heterocycles. The third kappa shape index (κ3) is 6.87. The van der Waals surface area contributed by atoms with Crippen LogP contribution in [0.15, 0.2) is 54.6 Å². The van der Waals surface area contributed by atoms with E-state index in [0.717, 1.165) is 16.7 Å². The summed E-state index contributed by atoms with van der Waals surface area (Å²) in [7, 11) is 0. The molecule has 0 saturated carbocycles. The Labute approximate surface area is 165 Å². The molecule has 0 aromatic heterocycles. The highest BCUT2D eigenvalue weighted by molar-refractivity contribution is 5.89. The van der Waals surface area contributed by atoms with Crippen LogP contribution in [0.2, 0.25) is 0 Å². The van der Waals surface area contributed by atoms with Gasteiger partial charge in [0.05, 0.1) is 6.42 Å². The molecule has 0 bridgehead atoms. The van der Waals surface area contributed by atoms with Crippen LogP contribution in [0.4, 0.5) is 0 Å². The summed E-state index contributed by atoms with van der Waals surface area (Å²) in [5, 5.41) is 14.2. The quantitative estimate of drug-likeness (QED) is 0.621. The highest BCUT2D eigenvalue weighted by atomic mass is 16.4. The first-order valence-electron chi connectivity index (χ1n) is 9.31. The first kappa shape index (κ1) is 21.2. The predicted octanol–water partition coefficient (Wildman–Crippen LogP) is 2.77. The zero-order valence-electron chi connectivity index (χ0n) is 16.1. The SMILES string of the molecule is CC(C)NC(=O)[C@H](CCC(=O)O)NC(=O)Cc1ccc(-c2ccccc2)cc1. The normalized spacial score (nSPS) is 11.7. The maximum Gasteiger partial charge on any atom is 0.303 e. The molecule has 0 unspecified atom stereocenters. The molecule has 28 heavy (non-hydrogen) atoms. The number of hydrogen-bond donors (Lipinski definition) is 3. The van der Waals surface area contributed by atoms with Crippen molar-refractivity contribution in [1.82, 2.24) is 10.6 Å². The molecule has 0 spiro atoms. The lowest BCUT2D eigenvalue weighted by molar-refractivity contribution is -0.138. The van der Waals surface area contributed by atoms with Crippen molar-refractivity contribution in [2.24, 2.45) is 0 Å². The van der Waals surface area contributed by atoms with Gasteiger partial charge in [-0.25, -0.2) is 0 Å². The molecule has 2 aromatic rings. The van der Waals surface area contributed by atoms with Gasteiger partial charge < -0.3 is 15.7 Å². The fraction of sp³-hybridized carbons (Fsp3) is 0.318. The maximum absolute atomic E-state index is 12.4. The number of carboxylic acids is 1. The lowest BCUT2D eigenvalue weighted by atomic mass is 10.0. The van der Waals surface area contributed by atoms with Gasteiger partial charge in [0.15, 0.2) is 0 Å². The van der Waals surface area contributed by atoms with Crippen LogP contribution in [0.1, 0.15) is 32.3 Å². The molecule has 2 aromatic carbocycles. The van der Waals surface area contributed by atoms with Crippen LogP contribution in [-0.4, -0.2) is 35.0 Å². The van der Waals surface area contributed by atoms with Crippen LogP contribution in [0.5, 0.6) is 0 Å². The summed E-state index contributed by atoms with van der Waals surface area (Å²) in [5.74, 6) is -1.70. The van der Waals surface area contributed by atoms with Gasteiger partial charge in [0.25, 0.3) is 0 Å². The number of amides is 2. The van der Waals surface area contributed by atoms with Gasteiger partial charge in [0.2, 0.25) is 11.8 Å². The fourth-order valence-corrected chi connectivity index (χ4v) is 2.80. The Bertz CT molecular complexity index is 801. The predicted molar refractivity (Wildman–Crippen MR) is 108 cm³/mol. The van der Waals surface area contributed by atoms with Gasteiger partial charge >= 0.3 is 5.97 Å². The van der Waals surface area contributed by atoms with Crippen molar-refractivity contribution in [2.75, 3.05) is 0 Å². The number of carbonyl (C=O) groups excluding carboxylic acids is 2. The first-order chi connectivity index (χ1) is 13.3. The van der Waals surface area contributed by atoms with E-state index in [1.807, 2.05) is 68.4 Å². The van der Waals surface area contributed by atoms with Gasteiger partial charge in [0.1, 0.15) is 6.04 Å². The van der Waals surface area contributed by atoms with Gasteiger partial charge in [-0.05, 0) is 37.0 Å². The lowest BCUT2D eigenvalue weighted by Crippen LogP contribution is -2.49. The second-order valence-electron chi connectivity index (χ2n) is 6.96. The Kier molecular flexibility index (Phi) is 7.75. The molecule has 0 fully saturated rings. The van der Waals surface area contributed by atoms with Gasteiger partial charge in [-0.3, -0.25) is 14.4 Å². The monoisotopic (exact) mass is 382 g/mol. The van der Waals surface area contributed by atoms with E-state index in [0.29, 0.717) is 0 Å². The fourth-order valence-electron chi connectivity index (χ4n) is 2.80. The average molecular weight is 382 g/mol. The number of benzene rings is 2. The van der Waals surface area contributed by atoms with Gasteiger partial charge in [0, 0.05) is 12.5 Å². The molecule has 0 aliphatic rings. The standard InChI is InChI=1S/C22H26N2O4/c1-15(2)23-22(28)19(12-13-21(26)27)24-20(25)14-16-8-10-18(11-9-16)17-6-4-3-5-7-17/h3-11,15,19H,12-14H2,1-2H3,(H,23,28)(H,24,25)(H,26,27)/t19-/m0/s1. The number of carbonyl (C=O) groups is 3. The maximum atomic E-state index is 12.4. The van der Waals surface area contributed by atoms with Crippen molar-refractivity contribution in [3.05, 3.63) is 60.2 Å². The van der Waals surface area contributed by atoms with Gasteiger partial charge in [-0.15, -0.1) is 0 Å². The van der Waals surface area contributed by atoms with E-state index in [1.165, 1.54) is 0 Å². The summed E-state index contributed by atoms with van der Waals surface area (Å²) >= 11 is 0. The molecule has 3 N–H and O–H groups in total. The molecule has 2 rings (SSSR count). The van der Waals surface area contributed by atoms with Crippen LogP contribution < -0.4 is 10.6 Å². The Morgan fingerprint density at radius 2 is 1.50 bits per heavy atom. The van der Waals surface area contributed by atoms with Crippen molar-refractivity contribution in [1.29, 1.82) is 0 Å². The summed E-state index contributed by atoms with van der Waals surface area (Å²) < 4.78 is 0. The number of hydrogen-bond acceptors (Lipinski definition) is 3. The molecule has 0 saturated heterocycles. The van der Waals surface area contributed by atoms with Crippen molar-refractivity contribution < 1.29 is 19.5 Å². The summed E-state index contributed by atoms with van der Waals surface area (Å²) in [6.45, 7) is 3.62. The minimum atomic E-state index is -1.01. The average Bonchev–Trinajstić information content (AvgIpc) is 2.65. The minimum absolute atomic E-state index is 0.0482. The minimum Gasteiger partial charge on any atom is -0.481 e. The summed E-state index contributed by atoms with van der Waals surface area (Å²) in [4.78, 5) is 35.4. The Morgan fingerprint density at radius 1 is 0.893 bits per heavy atom. The summed E-state index contributed by atoms with van der Waals surface area (Å²) in [6.07, 6.45) is -0.0254. The Hall–Kier alpha value is -3.15. The zero-order valence-corrected chi connectivity index (χ0v) is 16.1. The third-order valence-corrected chi connectivity index (χ3v) is 4.16. The second-order valence-corrected chi connectivity index (χ2v) is 6.96. The number of rotatable bonds is 9. The number of nitrogens with one attached hydrogen (secondary N) is 2. The van der Waals surface area contributed by atoms with Gasteiger partial charge in [-0.1, -0.05) is 54.6 Å². The van der Waals surface area contributed by atoms with E-state index in [-0.39, 0.29) is 37.1 Å². The topological polar surface area (TPSA) is 95.5 Å². The van der Waals surface area contributed by atoms with E-state index < -0.39 is 12.0 Å². The molecule has 1 atom stereocenters. The van der Waals surface area contributed by atoms with E-state index in [2.05, 4.69) is 10.6 Å². The first-order valence-corrected chi connectivity index (χ1v) is 9.31. The largest absolute Gasteiger partial charge is 0.481 e. The molecule has 148 valence electrons. The highest BCUT2D eigenvalue weighted by Gasteiger charge is 2.22. The molecule has 6 nitrogen and oxygen atoms in total. The van der Waals surface area contributed by atoms with Crippen molar-refractivity contribution in [2.45, 2.75) is 45.2 Å². The van der Waals surface area contributed by atoms with E-state index in [9.17, 15) is 14.4 Å². The molecule has 0 aliphatic heterocycles. The lowest BCUT2D eigenvalue weighted by Gasteiger charge is -2.19. The molecule has 2 amide bonds. The van der Waals surface area contributed by atoms with Crippen LogP contribution in [-0.2, 0) is 20.8 Å². The summed E-state index contributed by atoms with van der Waals surface area (Å²) in [6, 6.07) is 16.6. The highest BCUT2D eigenvalue weighted by Crippen LogP contribution is 2.19. The zero-order chi connectivity index (χ0) is 20.5. The number of aliphatic carboxylic acids is 1. The molecule has 0 aliphatic carbocycles. The second kappa shape index (κ2) is 10.3. The Balaban J connectivity index is 1.99. The van der Waals surface area contributed by atoms with Crippen LogP contribution >= 0.6 is 0 Å². The van der Waals surface area contributed by atoms with Gasteiger partial charge in [-0.2, -0.15) is 0 Å².